The van der Waals surface area contributed by atoms with E-state index in [1.54, 1.807) is 5.32 Å². The summed E-state index contributed by atoms with van der Waals surface area (Å²) in [4.78, 5) is 10.5. The van der Waals surface area contributed by atoms with Gasteiger partial charge in [0.15, 0.2) is 23.3 Å². The van der Waals surface area contributed by atoms with Crippen molar-refractivity contribution in [2.75, 3.05) is 11.1 Å². The molecule has 0 atom stereocenters. The first-order valence-electron chi connectivity index (χ1n) is 3.75. The van der Waals surface area contributed by atoms with Crippen molar-refractivity contribution in [2.45, 2.75) is 6.92 Å². The van der Waals surface area contributed by atoms with Crippen molar-refractivity contribution < 1.29 is 22.4 Å². The third-order valence-corrected chi connectivity index (χ3v) is 1.60. The number of hydrogen-bond donors (Lipinski definition) is 2. The maximum atomic E-state index is 13.1. The number of carbonyl (C=O) groups is 1. The molecule has 1 aromatic rings. The summed E-state index contributed by atoms with van der Waals surface area (Å²) in [6, 6.07) is 0. The van der Waals surface area contributed by atoms with Gasteiger partial charge in [0.25, 0.3) is 0 Å². The monoisotopic (exact) mass is 222 g/mol. The highest BCUT2D eigenvalue weighted by Crippen LogP contribution is 2.29. The zero-order valence-electron chi connectivity index (χ0n) is 7.50. The van der Waals surface area contributed by atoms with Crippen LogP contribution in [-0.4, -0.2) is 5.91 Å². The van der Waals surface area contributed by atoms with Crippen LogP contribution in [0.25, 0.3) is 0 Å². The molecule has 82 valence electrons. The van der Waals surface area contributed by atoms with E-state index in [1.807, 2.05) is 0 Å². The molecule has 0 spiro atoms. The van der Waals surface area contributed by atoms with Crippen LogP contribution in [0.3, 0.4) is 0 Å². The Morgan fingerprint density at radius 2 is 1.60 bits per heavy atom. The summed E-state index contributed by atoms with van der Waals surface area (Å²) in [5.74, 6) is -7.95. The van der Waals surface area contributed by atoms with Crippen molar-refractivity contribution in [3.05, 3.63) is 23.3 Å². The Morgan fingerprint density at radius 1 is 1.07 bits per heavy atom. The first-order chi connectivity index (χ1) is 6.86. The fraction of sp³-hybridized carbons (Fsp3) is 0.125. The Hall–Kier alpha value is -1.79. The molecule has 0 bridgehead atoms. The van der Waals surface area contributed by atoms with Crippen molar-refractivity contribution in [3.8, 4) is 0 Å². The molecule has 0 aliphatic rings. The van der Waals surface area contributed by atoms with E-state index in [9.17, 15) is 22.4 Å². The van der Waals surface area contributed by atoms with Crippen LogP contribution in [-0.2, 0) is 4.79 Å². The van der Waals surface area contributed by atoms with E-state index < -0.39 is 40.6 Å². The van der Waals surface area contributed by atoms with Crippen LogP contribution < -0.4 is 11.1 Å². The number of nitrogen functional groups attached to an aromatic ring is 1. The van der Waals surface area contributed by atoms with Gasteiger partial charge in [0.2, 0.25) is 5.91 Å². The quantitative estimate of drug-likeness (QED) is 0.329. The maximum absolute atomic E-state index is 13.1. The number of benzene rings is 1. The van der Waals surface area contributed by atoms with Crippen molar-refractivity contribution in [1.29, 1.82) is 0 Å². The Balaban J connectivity index is 3.45. The molecule has 0 saturated heterocycles. The highest BCUT2D eigenvalue weighted by molar-refractivity contribution is 5.89. The number of nitrogens with two attached hydrogens (primary N) is 1. The summed E-state index contributed by atoms with van der Waals surface area (Å²) in [5.41, 5.74) is 2.54. The van der Waals surface area contributed by atoms with Gasteiger partial charge < -0.3 is 11.1 Å². The second kappa shape index (κ2) is 3.76. The highest BCUT2D eigenvalue weighted by Gasteiger charge is 2.24. The fourth-order valence-corrected chi connectivity index (χ4v) is 0.937. The van der Waals surface area contributed by atoms with E-state index in [2.05, 4.69) is 0 Å². The molecule has 0 aliphatic heterocycles. The minimum Gasteiger partial charge on any atom is -0.394 e. The van der Waals surface area contributed by atoms with Gasteiger partial charge in [0.1, 0.15) is 11.4 Å². The number of halogens is 4. The van der Waals surface area contributed by atoms with Gasteiger partial charge in [-0.15, -0.1) is 0 Å². The van der Waals surface area contributed by atoms with Gasteiger partial charge in [-0.25, -0.2) is 17.6 Å². The molecule has 7 heteroatoms. The number of rotatable bonds is 1. The van der Waals surface area contributed by atoms with Crippen LogP contribution in [0.4, 0.5) is 28.9 Å². The molecular weight excluding hydrogens is 216 g/mol. The number of amides is 1. The van der Waals surface area contributed by atoms with Gasteiger partial charge in [-0.2, -0.15) is 0 Å². The van der Waals surface area contributed by atoms with Crippen molar-refractivity contribution in [3.63, 3.8) is 0 Å². The third-order valence-electron chi connectivity index (χ3n) is 1.60. The van der Waals surface area contributed by atoms with Gasteiger partial charge in [-0.1, -0.05) is 0 Å². The SMILES string of the molecule is CC(=O)Nc1c(F)c(N)c(F)c(F)c1F. The highest BCUT2D eigenvalue weighted by atomic mass is 19.2. The molecule has 0 fully saturated rings. The van der Waals surface area contributed by atoms with E-state index in [-0.39, 0.29) is 0 Å². The average Bonchev–Trinajstić information content (AvgIpc) is 2.18. The molecule has 0 radical (unpaired) electrons. The predicted octanol–water partition coefficient (Wildman–Crippen LogP) is 1.78. The molecule has 0 saturated carbocycles. The van der Waals surface area contributed by atoms with Gasteiger partial charge in [-0.05, 0) is 0 Å². The predicted molar refractivity (Wildman–Crippen MR) is 45.0 cm³/mol. The lowest BCUT2D eigenvalue weighted by Crippen LogP contribution is -2.13. The summed E-state index contributed by atoms with van der Waals surface area (Å²) in [7, 11) is 0. The normalized spacial score (nSPS) is 10.2. The summed E-state index contributed by atoms with van der Waals surface area (Å²) < 4.78 is 51.4. The van der Waals surface area contributed by atoms with Gasteiger partial charge >= 0.3 is 0 Å². The van der Waals surface area contributed by atoms with E-state index in [0.29, 0.717) is 0 Å². The third kappa shape index (κ3) is 1.85. The number of anilines is 2. The zero-order valence-corrected chi connectivity index (χ0v) is 7.50. The largest absolute Gasteiger partial charge is 0.394 e. The lowest BCUT2D eigenvalue weighted by molar-refractivity contribution is -0.114. The van der Waals surface area contributed by atoms with Crippen LogP contribution >= 0.6 is 0 Å². The lowest BCUT2D eigenvalue weighted by Gasteiger charge is -2.09. The summed E-state index contributed by atoms with van der Waals surface area (Å²) in [5, 5.41) is 1.67. The van der Waals surface area contributed by atoms with E-state index >= 15 is 0 Å². The molecule has 1 aromatic carbocycles. The topological polar surface area (TPSA) is 55.1 Å². The molecule has 3 nitrogen and oxygen atoms in total. The van der Waals surface area contributed by atoms with Crippen LogP contribution in [0.1, 0.15) is 6.92 Å². The summed E-state index contributed by atoms with van der Waals surface area (Å²) in [6.45, 7) is 0.955. The molecule has 3 N–H and O–H groups in total. The second-order valence-electron chi connectivity index (χ2n) is 2.73. The zero-order chi connectivity index (χ0) is 11.7. The fourth-order valence-electron chi connectivity index (χ4n) is 0.937. The Bertz CT molecular complexity index is 404. The van der Waals surface area contributed by atoms with Crippen molar-refractivity contribution >= 4 is 17.3 Å². The summed E-state index contributed by atoms with van der Waals surface area (Å²) >= 11 is 0. The number of hydrogen-bond acceptors (Lipinski definition) is 2. The Morgan fingerprint density at radius 3 is 2.07 bits per heavy atom. The Kier molecular flexibility index (Phi) is 2.83. The molecule has 0 unspecified atom stereocenters. The average molecular weight is 222 g/mol. The first-order valence-corrected chi connectivity index (χ1v) is 3.75. The molecule has 0 aliphatic carbocycles. The smallest absolute Gasteiger partial charge is 0.221 e. The second-order valence-corrected chi connectivity index (χ2v) is 2.73. The van der Waals surface area contributed by atoms with Gasteiger partial charge in [-0.3, -0.25) is 4.79 Å². The minimum atomic E-state index is -1.93. The Labute approximate surface area is 81.9 Å². The van der Waals surface area contributed by atoms with Crippen LogP contribution in [0, 0.1) is 23.3 Å². The molecule has 1 amide bonds. The van der Waals surface area contributed by atoms with E-state index in [1.165, 1.54) is 0 Å². The standard InChI is InChI=1S/C8H6F4N2O/c1-2(15)14-8-5(11)3(9)4(10)7(13)6(8)12/h13H2,1H3,(H,14,15). The molecule has 15 heavy (non-hydrogen) atoms. The molecule has 1 rings (SSSR count). The van der Waals surface area contributed by atoms with Crippen molar-refractivity contribution in [2.24, 2.45) is 0 Å². The minimum absolute atomic E-state index is 0.835. The van der Waals surface area contributed by atoms with Crippen LogP contribution in [0.5, 0.6) is 0 Å². The van der Waals surface area contributed by atoms with Crippen LogP contribution in [0.2, 0.25) is 0 Å². The molecule has 0 aromatic heterocycles. The maximum Gasteiger partial charge on any atom is 0.221 e. The summed E-state index contributed by atoms with van der Waals surface area (Å²) in [6.07, 6.45) is 0. The first kappa shape index (κ1) is 11.3. The van der Waals surface area contributed by atoms with E-state index in [0.717, 1.165) is 6.92 Å². The van der Waals surface area contributed by atoms with Gasteiger partial charge in [0, 0.05) is 6.92 Å². The molecule has 0 heterocycles. The van der Waals surface area contributed by atoms with E-state index in [4.69, 9.17) is 5.73 Å². The van der Waals surface area contributed by atoms with Crippen molar-refractivity contribution in [1.82, 2.24) is 0 Å². The molecular formula is C8H6F4N2O. The lowest BCUT2D eigenvalue weighted by atomic mass is 10.2. The van der Waals surface area contributed by atoms with Crippen LogP contribution in [0.15, 0.2) is 0 Å². The number of carbonyl (C=O) groups excluding carboxylic acids is 1. The van der Waals surface area contributed by atoms with Gasteiger partial charge in [0.05, 0.1) is 0 Å². The number of nitrogens with one attached hydrogen (secondary N) is 1.